The van der Waals surface area contributed by atoms with Crippen LogP contribution in [0.3, 0.4) is 0 Å². The second-order valence-corrected chi connectivity index (χ2v) is 7.01. The summed E-state index contributed by atoms with van der Waals surface area (Å²) in [5, 5.41) is 0.820. The van der Waals surface area contributed by atoms with Gasteiger partial charge in [-0.15, -0.1) is 0 Å². The van der Waals surface area contributed by atoms with E-state index < -0.39 is 0 Å². The molecule has 0 saturated carbocycles. The molecule has 2 saturated heterocycles. The zero-order valence-electron chi connectivity index (χ0n) is 9.15. The second kappa shape index (κ2) is 5.75. The maximum atomic E-state index is 5.42. The van der Waals surface area contributed by atoms with E-state index in [9.17, 15) is 0 Å². The van der Waals surface area contributed by atoms with Crippen LogP contribution in [-0.2, 0) is 0 Å². The highest BCUT2D eigenvalue weighted by atomic mass is 32.2. The van der Waals surface area contributed by atoms with Crippen LogP contribution in [0.15, 0.2) is 0 Å². The SMILES string of the molecule is CCN1CSC(=S)N(CC2CCCS2)C1. The number of nitrogens with zero attached hydrogens (tertiary/aromatic N) is 2. The molecular formula is C10H18N2S3. The lowest BCUT2D eigenvalue weighted by molar-refractivity contribution is 0.221. The van der Waals surface area contributed by atoms with Crippen molar-refractivity contribution in [2.24, 2.45) is 0 Å². The third-order valence-corrected chi connectivity index (χ3v) is 5.89. The normalized spacial score (nSPS) is 28.7. The molecule has 0 spiro atoms. The Labute approximate surface area is 106 Å². The monoisotopic (exact) mass is 262 g/mol. The van der Waals surface area contributed by atoms with Crippen LogP contribution in [-0.4, -0.2) is 50.8 Å². The summed E-state index contributed by atoms with van der Waals surface area (Å²) in [6, 6.07) is 0. The molecule has 0 N–H and O–H groups in total. The van der Waals surface area contributed by atoms with Crippen LogP contribution in [0.2, 0.25) is 0 Å². The van der Waals surface area contributed by atoms with E-state index in [-0.39, 0.29) is 0 Å². The molecule has 2 rings (SSSR count). The van der Waals surface area contributed by atoms with Gasteiger partial charge < -0.3 is 4.90 Å². The van der Waals surface area contributed by atoms with Crippen LogP contribution >= 0.6 is 35.7 Å². The summed E-state index contributed by atoms with van der Waals surface area (Å²) in [5.41, 5.74) is 0. The zero-order valence-corrected chi connectivity index (χ0v) is 11.6. The summed E-state index contributed by atoms with van der Waals surface area (Å²) in [6.45, 7) is 5.55. The minimum absolute atomic E-state index is 0.820. The van der Waals surface area contributed by atoms with Gasteiger partial charge in [0.2, 0.25) is 0 Å². The minimum atomic E-state index is 0.820. The van der Waals surface area contributed by atoms with Crippen molar-refractivity contribution in [1.82, 2.24) is 9.80 Å². The lowest BCUT2D eigenvalue weighted by Crippen LogP contribution is -2.46. The maximum absolute atomic E-state index is 5.42. The molecule has 86 valence electrons. The third-order valence-electron chi connectivity index (χ3n) is 2.89. The van der Waals surface area contributed by atoms with Crippen molar-refractivity contribution in [3.63, 3.8) is 0 Å². The molecule has 0 amide bonds. The quantitative estimate of drug-likeness (QED) is 0.719. The summed E-state index contributed by atoms with van der Waals surface area (Å²) in [4.78, 5) is 4.83. The van der Waals surface area contributed by atoms with Crippen LogP contribution in [0.4, 0.5) is 0 Å². The molecule has 0 radical (unpaired) electrons. The number of hydrogen-bond acceptors (Lipinski definition) is 4. The van der Waals surface area contributed by atoms with Gasteiger partial charge in [0.25, 0.3) is 0 Å². The third kappa shape index (κ3) is 3.25. The van der Waals surface area contributed by atoms with Crippen LogP contribution in [0.25, 0.3) is 0 Å². The van der Waals surface area contributed by atoms with Crippen molar-refractivity contribution in [3.05, 3.63) is 0 Å². The molecular weight excluding hydrogens is 244 g/mol. The Hall–Kier alpha value is 0.550. The summed E-state index contributed by atoms with van der Waals surface area (Å²) in [6.07, 6.45) is 2.77. The van der Waals surface area contributed by atoms with Gasteiger partial charge >= 0.3 is 0 Å². The topological polar surface area (TPSA) is 6.48 Å². The van der Waals surface area contributed by atoms with Crippen LogP contribution in [0, 0.1) is 0 Å². The number of rotatable bonds is 3. The molecule has 5 heteroatoms. The van der Waals surface area contributed by atoms with Gasteiger partial charge in [0.05, 0.1) is 12.5 Å². The van der Waals surface area contributed by atoms with Crippen molar-refractivity contribution >= 4 is 40.1 Å². The van der Waals surface area contributed by atoms with E-state index in [0.717, 1.165) is 35.2 Å². The molecule has 1 unspecified atom stereocenters. The fraction of sp³-hybridized carbons (Fsp3) is 0.900. The van der Waals surface area contributed by atoms with Gasteiger partial charge in [0.15, 0.2) is 0 Å². The molecule has 2 aliphatic heterocycles. The highest BCUT2D eigenvalue weighted by Crippen LogP contribution is 2.28. The molecule has 0 aliphatic carbocycles. The van der Waals surface area contributed by atoms with Gasteiger partial charge in [-0.1, -0.05) is 30.9 Å². The van der Waals surface area contributed by atoms with Gasteiger partial charge in [-0.05, 0) is 25.1 Å². The molecule has 0 aromatic carbocycles. The molecule has 0 aromatic heterocycles. The van der Waals surface area contributed by atoms with Crippen molar-refractivity contribution < 1.29 is 0 Å². The predicted octanol–water partition coefficient (Wildman–Crippen LogP) is 2.45. The van der Waals surface area contributed by atoms with E-state index in [0.29, 0.717) is 0 Å². The van der Waals surface area contributed by atoms with Gasteiger partial charge in [-0.25, -0.2) is 0 Å². The summed E-state index contributed by atoms with van der Waals surface area (Å²) in [7, 11) is 0. The number of thioether (sulfide) groups is 2. The summed E-state index contributed by atoms with van der Waals surface area (Å²) in [5.74, 6) is 2.42. The Kier molecular flexibility index (Phi) is 4.61. The molecule has 0 aromatic rings. The van der Waals surface area contributed by atoms with E-state index in [4.69, 9.17) is 12.2 Å². The number of thiocarbonyl (C=S) groups is 1. The lowest BCUT2D eigenvalue weighted by Gasteiger charge is -2.37. The second-order valence-electron chi connectivity index (χ2n) is 4.03. The van der Waals surface area contributed by atoms with E-state index >= 15 is 0 Å². The fourth-order valence-corrected chi connectivity index (χ4v) is 4.38. The average Bonchev–Trinajstić information content (AvgIpc) is 2.74. The minimum Gasteiger partial charge on any atom is -0.343 e. The standard InChI is InChI=1S/C10H18N2S3/c1-2-11-7-12(10(13)15-8-11)6-9-4-3-5-14-9/h9H,2-8H2,1H3. The largest absolute Gasteiger partial charge is 0.343 e. The van der Waals surface area contributed by atoms with E-state index in [1.54, 1.807) is 0 Å². The van der Waals surface area contributed by atoms with Crippen LogP contribution in [0.5, 0.6) is 0 Å². The molecule has 15 heavy (non-hydrogen) atoms. The molecule has 0 bridgehead atoms. The summed E-state index contributed by atoms with van der Waals surface area (Å²) < 4.78 is 1.10. The first kappa shape index (κ1) is 12.0. The van der Waals surface area contributed by atoms with E-state index in [2.05, 4.69) is 28.5 Å². The molecule has 1 atom stereocenters. The predicted molar refractivity (Wildman–Crippen MR) is 74.5 cm³/mol. The summed E-state index contributed by atoms with van der Waals surface area (Å²) >= 11 is 9.35. The van der Waals surface area contributed by atoms with Crippen molar-refractivity contribution in [2.45, 2.75) is 25.0 Å². The van der Waals surface area contributed by atoms with Crippen LogP contribution in [0.1, 0.15) is 19.8 Å². The van der Waals surface area contributed by atoms with Gasteiger partial charge in [0.1, 0.15) is 4.32 Å². The lowest BCUT2D eigenvalue weighted by atomic mass is 10.2. The average molecular weight is 262 g/mol. The van der Waals surface area contributed by atoms with Crippen LogP contribution < -0.4 is 0 Å². The maximum Gasteiger partial charge on any atom is 0.138 e. The first-order valence-corrected chi connectivity index (χ1v) is 7.99. The van der Waals surface area contributed by atoms with Gasteiger partial charge in [0, 0.05) is 11.8 Å². The molecule has 2 heterocycles. The van der Waals surface area contributed by atoms with Crippen molar-refractivity contribution in [2.75, 3.05) is 31.4 Å². The van der Waals surface area contributed by atoms with Gasteiger partial charge in [-0.3, -0.25) is 4.90 Å². The zero-order chi connectivity index (χ0) is 10.7. The van der Waals surface area contributed by atoms with Gasteiger partial charge in [-0.2, -0.15) is 11.8 Å². The smallest absolute Gasteiger partial charge is 0.138 e. The van der Waals surface area contributed by atoms with E-state index in [1.165, 1.54) is 18.6 Å². The molecule has 2 fully saturated rings. The Morgan fingerprint density at radius 2 is 2.40 bits per heavy atom. The fourth-order valence-electron chi connectivity index (χ4n) is 1.94. The Morgan fingerprint density at radius 3 is 3.07 bits per heavy atom. The molecule has 2 aliphatic rings. The van der Waals surface area contributed by atoms with Crippen molar-refractivity contribution in [1.29, 1.82) is 0 Å². The first-order valence-electron chi connectivity index (χ1n) is 5.55. The highest BCUT2D eigenvalue weighted by molar-refractivity contribution is 8.22. The Bertz CT molecular complexity index is 229. The van der Waals surface area contributed by atoms with E-state index in [1.807, 2.05) is 11.8 Å². The Morgan fingerprint density at radius 1 is 1.53 bits per heavy atom. The van der Waals surface area contributed by atoms with Crippen molar-refractivity contribution in [3.8, 4) is 0 Å². The first-order chi connectivity index (χ1) is 7.29. The highest BCUT2D eigenvalue weighted by Gasteiger charge is 2.25. The molecule has 2 nitrogen and oxygen atoms in total. The number of hydrogen-bond donors (Lipinski definition) is 0. The Balaban J connectivity index is 1.85.